The smallest absolute Gasteiger partial charge is 0.238 e. The molecule has 0 bridgehead atoms. The molecule has 192 valence electrons. The summed E-state index contributed by atoms with van der Waals surface area (Å²) in [4.78, 5) is 19.7. The first-order valence-corrected chi connectivity index (χ1v) is 13.9. The van der Waals surface area contributed by atoms with E-state index >= 15 is 0 Å². The molecule has 1 aliphatic heterocycles. The zero-order chi connectivity index (χ0) is 27.0. The molecule has 2 heterocycles. The third-order valence-corrected chi connectivity index (χ3v) is 7.90. The van der Waals surface area contributed by atoms with Crippen LogP contribution in [0.15, 0.2) is 97.8 Å². The van der Waals surface area contributed by atoms with Crippen LogP contribution < -0.4 is 10.0 Å². The number of hydrogen-bond donors (Lipinski definition) is 1. The number of primary sulfonamides is 1. The Morgan fingerprint density at radius 2 is 1.89 bits per heavy atom. The minimum absolute atomic E-state index is 0.0665. The Morgan fingerprint density at radius 3 is 2.53 bits per heavy atom. The number of anilines is 1. The van der Waals surface area contributed by atoms with Gasteiger partial charge in [-0.2, -0.15) is 5.26 Å². The van der Waals surface area contributed by atoms with Crippen molar-refractivity contribution >= 4 is 50.9 Å². The van der Waals surface area contributed by atoms with Gasteiger partial charge in [0, 0.05) is 33.4 Å². The number of ketones is 1. The number of sulfonamides is 1. The Kier molecular flexibility index (Phi) is 6.99. The fourth-order valence-electron chi connectivity index (χ4n) is 4.77. The number of carbonyl (C=O) groups excluding carboxylic acids is 1. The normalized spacial score (nSPS) is 18.2. The van der Waals surface area contributed by atoms with E-state index in [1.807, 2.05) is 0 Å². The molecule has 2 N–H and O–H groups in total. The summed E-state index contributed by atoms with van der Waals surface area (Å²) in [6.07, 6.45) is 4.43. The molecule has 3 aromatic rings. The topological polar surface area (TPSA) is 130 Å². The van der Waals surface area contributed by atoms with E-state index in [9.17, 15) is 18.5 Å². The fourth-order valence-corrected chi connectivity index (χ4v) is 5.80. The lowest BCUT2D eigenvalue weighted by atomic mass is 9.75. The van der Waals surface area contributed by atoms with E-state index < -0.39 is 15.9 Å². The molecule has 0 spiro atoms. The van der Waals surface area contributed by atoms with E-state index in [1.54, 1.807) is 47.4 Å². The molecule has 0 saturated carbocycles. The maximum atomic E-state index is 13.4. The van der Waals surface area contributed by atoms with Gasteiger partial charge in [-0.25, -0.2) is 18.5 Å². The number of halogens is 2. The van der Waals surface area contributed by atoms with Gasteiger partial charge < -0.3 is 4.42 Å². The van der Waals surface area contributed by atoms with Crippen LogP contribution >= 0.6 is 23.2 Å². The van der Waals surface area contributed by atoms with Crippen LogP contribution in [0, 0.1) is 11.3 Å². The molecule has 0 radical (unpaired) electrons. The third kappa shape index (κ3) is 4.79. The average molecular weight is 567 g/mol. The number of furan rings is 1. The number of hydrogen-bond acceptors (Lipinski definition) is 7. The van der Waals surface area contributed by atoms with Crippen molar-refractivity contribution in [3.8, 4) is 6.07 Å². The molecule has 5 rings (SSSR count). The van der Waals surface area contributed by atoms with Crippen molar-refractivity contribution in [2.24, 2.45) is 10.1 Å². The number of aliphatic imine (C=N–C) groups is 1. The zero-order valence-electron chi connectivity index (χ0n) is 19.8. The van der Waals surface area contributed by atoms with E-state index in [0.717, 1.165) is 0 Å². The molecule has 11 heteroatoms. The van der Waals surface area contributed by atoms with Crippen molar-refractivity contribution in [3.63, 3.8) is 0 Å². The molecular weight excluding hydrogens is 547 g/mol. The van der Waals surface area contributed by atoms with Crippen LogP contribution in [-0.2, 0) is 14.8 Å². The highest BCUT2D eigenvalue weighted by Crippen LogP contribution is 2.49. The molecule has 0 amide bonds. The van der Waals surface area contributed by atoms with E-state index in [1.165, 1.54) is 24.6 Å². The molecule has 1 aromatic heterocycles. The van der Waals surface area contributed by atoms with Crippen LogP contribution in [0.4, 0.5) is 5.69 Å². The first-order valence-electron chi connectivity index (χ1n) is 11.5. The van der Waals surface area contributed by atoms with E-state index in [-0.39, 0.29) is 22.1 Å². The second kappa shape index (κ2) is 10.2. The standard InChI is InChI=1S/C27H20Cl2N4O4S/c28-16-6-11-20(22(29)13-16)25-21(14-30)27(32-15-18-3-2-12-37-18)33(23-4-1-5-24(34)26(23)25)17-7-9-19(10-8-17)38(31,35)36/h2-3,6-13,15,25H,1,4-5H2,(H2,31,35,36)/b32-15+. The van der Waals surface area contributed by atoms with Crippen molar-refractivity contribution < 1.29 is 17.6 Å². The predicted octanol–water partition coefficient (Wildman–Crippen LogP) is 5.70. The average Bonchev–Trinajstić information content (AvgIpc) is 3.40. The molecule has 2 aliphatic rings. The first-order chi connectivity index (χ1) is 18.2. The number of allylic oxidation sites excluding steroid dienone is 3. The molecular formula is C27H20Cl2N4O4S. The summed E-state index contributed by atoms with van der Waals surface area (Å²) < 4.78 is 29.1. The van der Waals surface area contributed by atoms with Crippen LogP contribution in [-0.4, -0.2) is 20.4 Å². The van der Waals surface area contributed by atoms with Crippen LogP contribution in [0.1, 0.15) is 36.5 Å². The molecule has 1 atom stereocenters. The van der Waals surface area contributed by atoms with Crippen LogP contribution in [0.2, 0.25) is 10.0 Å². The predicted molar refractivity (Wildman–Crippen MR) is 144 cm³/mol. The molecule has 2 aromatic carbocycles. The van der Waals surface area contributed by atoms with Gasteiger partial charge in [0.25, 0.3) is 0 Å². The summed E-state index contributed by atoms with van der Waals surface area (Å²) >= 11 is 12.7. The van der Waals surface area contributed by atoms with Gasteiger partial charge in [-0.15, -0.1) is 0 Å². The summed E-state index contributed by atoms with van der Waals surface area (Å²) in [5.74, 6) is -0.150. The largest absolute Gasteiger partial charge is 0.463 e. The van der Waals surface area contributed by atoms with Crippen molar-refractivity contribution in [2.45, 2.75) is 30.1 Å². The minimum atomic E-state index is -3.92. The third-order valence-electron chi connectivity index (χ3n) is 6.40. The number of benzene rings is 2. The van der Waals surface area contributed by atoms with Gasteiger partial charge in [-0.05, 0) is 66.9 Å². The summed E-state index contributed by atoms with van der Waals surface area (Å²) in [5, 5.41) is 16.5. The number of nitriles is 1. The summed E-state index contributed by atoms with van der Waals surface area (Å²) in [7, 11) is -3.92. The van der Waals surface area contributed by atoms with Gasteiger partial charge >= 0.3 is 0 Å². The summed E-state index contributed by atoms with van der Waals surface area (Å²) in [5.41, 5.74) is 2.38. The number of nitrogens with zero attached hydrogens (tertiary/aromatic N) is 3. The van der Waals surface area contributed by atoms with Gasteiger partial charge in [-0.1, -0.05) is 29.3 Å². The number of nitrogens with two attached hydrogens (primary N) is 1. The molecule has 0 saturated heterocycles. The Bertz CT molecular complexity index is 1670. The molecule has 0 fully saturated rings. The van der Waals surface area contributed by atoms with Crippen LogP contribution in [0.3, 0.4) is 0 Å². The Labute approximate surface area is 229 Å². The van der Waals surface area contributed by atoms with Gasteiger partial charge in [0.2, 0.25) is 10.0 Å². The van der Waals surface area contributed by atoms with Crippen molar-refractivity contribution in [1.82, 2.24) is 0 Å². The molecule has 1 unspecified atom stereocenters. The maximum absolute atomic E-state index is 13.4. The highest BCUT2D eigenvalue weighted by atomic mass is 35.5. The molecule has 1 aliphatic carbocycles. The SMILES string of the molecule is N#CC1=C(/N=C/c2ccco2)N(c2ccc(S(N)(=O)=O)cc2)C2=C(C(=O)CCC2)C1c1ccc(Cl)cc1Cl. The first kappa shape index (κ1) is 25.9. The van der Waals surface area contributed by atoms with Gasteiger partial charge in [0.1, 0.15) is 5.76 Å². The quantitative estimate of drug-likeness (QED) is 0.394. The second-order valence-electron chi connectivity index (χ2n) is 8.73. The van der Waals surface area contributed by atoms with Crippen molar-refractivity contribution in [2.75, 3.05) is 4.90 Å². The number of Topliss-reactive ketones (excluding diaryl/α,β-unsaturated/α-hetero) is 1. The van der Waals surface area contributed by atoms with Crippen molar-refractivity contribution in [3.05, 3.63) is 105 Å². The van der Waals surface area contributed by atoms with Gasteiger partial charge in [0.15, 0.2) is 11.6 Å². The molecule has 8 nitrogen and oxygen atoms in total. The summed E-state index contributed by atoms with van der Waals surface area (Å²) in [6, 6.07) is 16.5. The number of carbonyl (C=O) groups is 1. The highest BCUT2D eigenvalue weighted by molar-refractivity contribution is 7.89. The summed E-state index contributed by atoms with van der Waals surface area (Å²) in [6.45, 7) is 0. The number of rotatable bonds is 5. The van der Waals surface area contributed by atoms with E-state index in [2.05, 4.69) is 11.1 Å². The molecule has 38 heavy (non-hydrogen) atoms. The van der Waals surface area contributed by atoms with Gasteiger partial charge in [-0.3, -0.25) is 9.69 Å². The minimum Gasteiger partial charge on any atom is -0.463 e. The zero-order valence-corrected chi connectivity index (χ0v) is 22.1. The fraction of sp³-hybridized carbons (Fsp3) is 0.148. The Morgan fingerprint density at radius 1 is 1.13 bits per heavy atom. The monoisotopic (exact) mass is 566 g/mol. The lowest BCUT2D eigenvalue weighted by molar-refractivity contribution is -0.116. The van der Waals surface area contributed by atoms with E-state index in [4.69, 9.17) is 32.8 Å². The Hall–Kier alpha value is -3.68. The van der Waals surface area contributed by atoms with E-state index in [0.29, 0.717) is 57.6 Å². The van der Waals surface area contributed by atoms with Crippen LogP contribution in [0.25, 0.3) is 0 Å². The van der Waals surface area contributed by atoms with Gasteiger partial charge in [0.05, 0.1) is 34.9 Å². The maximum Gasteiger partial charge on any atom is 0.238 e. The van der Waals surface area contributed by atoms with Crippen molar-refractivity contribution in [1.29, 1.82) is 5.26 Å². The Balaban J connectivity index is 1.79. The second-order valence-corrected chi connectivity index (χ2v) is 11.1. The highest BCUT2D eigenvalue weighted by Gasteiger charge is 2.41. The lowest BCUT2D eigenvalue weighted by Crippen LogP contribution is -2.35. The lowest BCUT2D eigenvalue weighted by Gasteiger charge is -2.39. The van der Waals surface area contributed by atoms with Crippen LogP contribution in [0.5, 0.6) is 0 Å².